The van der Waals surface area contributed by atoms with Crippen LogP contribution in [0.3, 0.4) is 0 Å². The highest BCUT2D eigenvalue weighted by molar-refractivity contribution is 5.36. The maximum atomic E-state index is 10.6. The van der Waals surface area contributed by atoms with Crippen LogP contribution < -0.4 is 5.32 Å². The van der Waals surface area contributed by atoms with Crippen molar-refractivity contribution in [1.29, 1.82) is 0 Å². The van der Waals surface area contributed by atoms with Gasteiger partial charge in [-0.1, -0.05) is 12.1 Å². The number of nitro groups is 1. The van der Waals surface area contributed by atoms with Gasteiger partial charge in [-0.2, -0.15) is 0 Å². The van der Waals surface area contributed by atoms with Crippen molar-refractivity contribution in [1.82, 2.24) is 5.32 Å². The molecular weight excluding hydrogens is 196 g/mol. The van der Waals surface area contributed by atoms with Gasteiger partial charge in [-0.25, -0.2) is 0 Å². The Bertz CT molecular complexity index is 381. The lowest BCUT2D eigenvalue weighted by molar-refractivity contribution is -0.384. The summed E-state index contributed by atoms with van der Waals surface area (Å²) in [5.74, 6) is 0. The maximum absolute atomic E-state index is 10.6. The fraction of sp³-hybridized carbons (Fsp3) is 0.400. The molecule has 1 fully saturated rings. The average molecular weight is 208 g/mol. The van der Waals surface area contributed by atoms with E-state index in [-0.39, 0.29) is 11.7 Å². The second-order valence-corrected chi connectivity index (χ2v) is 3.64. The summed E-state index contributed by atoms with van der Waals surface area (Å²) < 4.78 is 0. The second kappa shape index (κ2) is 3.96. The minimum Gasteiger partial charge on any atom is -0.391 e. The highest BCUT2D eigenvalue weighted by atomic mass is 16.6. The molecule has 1 aliphatic rings. The fourth-order valence-corrected chi connectivity index (χ4v) is 1.86. The van der Waals surface area contributed by atoms with Crippen molar-refractivity contribution < 1.29 is 10.0 Å². The van der Waals surface area contributed by atoms with Gasteiger partial charge in [0.15, 0.2) is 0 Å². The Morgan fingerprint density at radius 3 is 2.93 bits per heavy atom. The smallest absolute Gasteiger partial charge is 0.269 e. The second-order valence-electron chi connectivity index (χ2n) is 3.64. The zero-order valence-electron chi connectivity index (χ0n) is 8.09. The third-order valence-electron chi connectivity index (χ3n) is 2.63. The molecule has 2 atom stereocenters. The molecule has 1 heterocycles. The number of nitro benzene ring substituents is 1. The Hall–Kier alpha value is -1.46. The van der Waals surface area contributed by atoms with Crippen LogP contribution in [0.15, 0.2) is 24.3 Å². The quantitative estimate of drug-likeness (QED) is 0.561. The fourth-order valence-electron chi connectivity index (χ4n) is 1.86. The predicted molar refractivity (Wildman–Crippen MR) is 54.5 cm³/mol. The number of aliphatic hydroxyl groups excluding tert-OH is 1. The third kappa shape index (κ3) is 1.98. The van der Waals surface area contributed by atoms with E-state index in [0.717, 1.165) is 12.1 Å². The molecule has 1 saturated heterocycles. The average Bonchev–Trinajstić information content (AvgIpc) is 2.64. The van der Waals surface area contributed by atoms with E-state index in [0.29, 0.717) is 6.42 Å². The number of benzene rings is 1. The van der Waals surface area contributed by atoms with E-state index in [2.05, 4.69) is 5.32 Å². The van der Waals surface area contributed by atoms with E-state index in [9.17, 15) is 15.2 Å². The molecular formula is C10H12N2O3. The van der Waals surface area contributed by atoms with Gasteiger partial charge in [-0.05, 0) is 18.5 Å². The molecule has 1 aromatic rings. The van der Waals surface area contributed by atoms with Crippen molar-refractivity contribution in [3.05, 3.63) is 39.9 Å². The van der Waals surface area contributed by atoms with Crippen molar-refractivity contribution in [2.75, 3.05) is 6.54 Å². The molecule has 0 saturated carbocycles. The Balaban J connectivity index is 2.28. The van der Waals surface area contributed by atoms with Crippen LogP contribution in [0.1, 0.15) is 18.0 Å². The minimum atomic E-state index is -0.452. The van der Waals surface area contributed by atoms with Crippen LogP contribution >= 0.6 is 0 Å². The van der Waals surface area contributed by atoms with Gasteiger partial charge in [-0.3, -0.25) is 10.1 Å². The molecule has 0 aromatic heterocycles. The van der Waals surface area contributed by atoms with Crippen LogP contribution in [0.5, 0.6) is 0 Å². The molecule has 5 heteroatoms. The van der Waals surface area contributed by atoms with E-state index in [4.69, 9.17) is 0 Å². The first-order chi connectivity index (χ1) is 7.18. The first-order valence-corrected chi connectivity index (χ1v) is 4.84. The molecule has 0 spiro atoms. The van der Waals surface area contributed by atoms with Gasteiger partial charge in [0.2, 0.25) is 0 Å². The molecule has 1 aromatic carbocycles. The van der Waals surface area contributed by atoms with Gasteiger partial charge in [0.1, 0.15) is 0 Å². The number of non-ortho nitro benzene ring substituents is 1. The number of hydrogen-bond acceptors (Lipinski definition) is 4. The lowest BCUT2D eigenvalue weighted by Crippen LogP contribution is -2.20. The molecule has 0 unspecified atom stereocenters. The molecule has 0 bridgehead atoms. The first-order valence-electron chi connectivity index (χ1n) is 4.84. The topological polar surface area (TPSA) is 75.4 Å². The standard InChI is InChI=1S/C10H12N2O3/c13-9-4-5-11-10(9)7-2-1-3-8(6-7)12(14)15/h1-3,6,9-11,13H,4-5H2/t9-,10+/m1/s1. The summed E-state index contributed by atoms with van der Waals surface area (Å²) in [6.45, 7) is 0.745. The molecule has 0 radical (unpaired) electrons. The molecule has 2 rings (SSSR count). The van der Waals surface area contributed by atoms with Gasteiger partial charge in [0.25, 0.3) is 5.69 Å². The summed E-state index contributed by atoms with van der Waals surface area (Å²) in [7, 11) is 0. The minimum absolute atomic E-state index is 0.0633. The van der Waals surface area contributed by atoms with Crippen molar-refractivity contribution in [2.24, 2.45) is 0 Å². The summed E-state index contributed by atoms with van der Waals surface area (Å²) in [6.07, 6.45) is 0.236. The molecule has 80 valence electrons. The van der Waals surface area contributed by atoms with Crippen molar-refractivity contribution in [3.63, 3.8) is 0 Å². The molecule has 1 aliphatic heterocycles. The lowest BCUT2D eigenvalue weighted by Gasteiger charge is -2.14. The Labute approximate surface area is 86.9 Å². The van der Waals surface area contributed by atoms with Crippen molar-refractivity contribution >= 4 is 5.69 Å². The monoisotopic (exact) mass is 208 g/mol. The van der Waals surface area contributed by atoms with Crippen molar-refractivity contribution in [3.8, 4) is 0 Å². The molecule has 5 nitrogen and oxygen atoms in total. The Morgan fingerprint density at radius 1 is 1.53 bits per heavy atom. The van der Waals surface area contributed by atoms with E-state index in [1.54, 1.807) is 12.1 Å². The van der Waals surface area contributed by atoms with Crippen LogP contribution in [-0.4, -0.2) is 22.7 Å². The van der Waals surface area contributed by atoms with Gasteiger partial charge >= 0.3 is 0 Å². The van der Waals surface area contributed by atoms with Crippen molar-refractivity contribution in [2.45, 2.75) is 18.6 Å². The summed E-state index contributed by atoms with van der Waals surface area (Å²) in [5, 5.41) is 23.3. The molecule has 0 aliphatic carbocycles. The summed E-state index contributed by atoms with van der Waals surface area (Å²) in [6, 6.07) is 6.21. The van der Waals surface area contributed by atoms with E-state index in [1.807, 2.05) is 0 Å². The van der Waals surface area contributed by atoms with Crippen LogP contribution in [-0.2, 0) is 0 Å². The first kappa shape index (κ1) is 10.1. The highest BCUT2D eigenvalue weighted by Gasteiger charge is 2.26. The van der Waals surface area contributed by atoms with Crippen LogP contribution in [0.25, 0.3) is 0 Å². The van der Waals surface area contributed by atoms with Crippen LogP contribution in [0.2, 0.25) is 0 Å². The zero-order valence-corrected chi connectivity index (χ0v) is 8.09. The Morgan fingerprint density at radius 2 is 2.33 bits per heavy atom. The number of nitrogens with zero attached hydrogens (tertiary/aromatic N) is 1. The van der Waals surface area contributed by atoms with Gasteiger partial charge < -0.3 is 10.4 Å². The molecule has 2 N–H and O–H groups in total. The summed E-state index contributed by atoms with van der Waals surface area (Å²) in [4.78, 5) is 10.1. The highest BCUT2D eigenvalue weighted by Crippen LogP contribution is 2.26. The van der Waals surface area contributed by atoms with Gasteiger partial charge in [0, 0.05) is 12.1 Å². The van der Waals surface area contributed by atoms with Crippen LogP contribution in [0.4, 0.5) is 5.69 Å². The Kier molecular flexibility index (Phi) is 2.66. The SMILES string of the molecule is O=[N+]([O-])c1cccc([C@@H]2NCC[C@H]2O)c1. The number of hydrogen-bond donors (Lipinski definition) is 2. The normalized spacial score (nSPS) is 25.4. The zero-order chi connectivity index (χ0) is 10.8. The van der Waals surface area contributed by atoms with Gasteiger partial charge in [0.05, 0.1) is 17.1 Å². The summed E-state index contributed by atoms with van der Waals surface area (Å²) in [5.41, 5.74) is 0.836. The largest absolute Gasteiger partial charge is 0.391 e. The number of rotatable bonds is 2. The molecule has 15 heavy (non-hydrogen) atoms. The number of aliphatic hydroxyl groups is 1. The van der Waals surface area contributed by atoms with E-state index in [1.165, 1.54) is 12.1 Å². The number of nitrogens with one attached hydrogen (secondary N) is 1. The lowest BCUT2D eigenvalue weighted by atomic mass is 10.0. The van der Waals surface area contributed by atoms with Gasteiger partial charge in [-0.15, -0.1) is 0 Å². The van der Waals surface area contributed by atoms with E-state index >= 15 is 0 Å². The predicted octanol–water partition coefficient (Wildman–Crippen LogP) is 0.990. The summed E-state index contributed by atoms with van der Waals surface area (Å²) >= 11 is 0. The van der Waals surface area contributed by atoms with Crippen LogP contribution in [0, 0.1) is 10.1 Å². The third-order valence-corrected chi connectivity index (χ3v) is 2.63. The maximum Gasteiger partial charge on any atom is 0.269 e. The van der Waals surface area contributed by atoms with E-state index < -0.39 is 11.0 Å². The molecule has 0 amide bonds.